The molecule has 2 aromatic heterocycles. The Balaban J connectivity index is 1.80. The summed E-state index contributed by atoms with van der Waals surface area (Å²) in [6, 6.07) is 0. The molecule has 8 nitrogen and oxygen atoms in total. The van der Waals surface area contributed by atoms with E-state index in [0.29, 0.717) is 24.3 Å². The number of aliphatic hydroxyl groups excluding tert-OH is 1. The third-order valence-electron chi connectivity index (χ3n) is 5.13. The van der Waals surface area contributed by atoms with E-state index in [1.807, 2.05) is 0 Å². The van der Waals surface area contributed by atoms with Gasteiger partial charge in [0, 0.05) is 14.1 Å². The van der Waals surface area contributed by atoms with Crippen LogP contribution in [-0.2, 0) is 20.6 Å². The SMILES string of the molecule is CC1CC[NH+](CC(O)Cn2cnc3c2c(=O)n(C)c(=O)n3C)CC1. The van der Waals surface area contributed by atoms with Crippen LogP contribution in [0.4, 0.5) is 0 Å². The third-order valence-corrected chi connectivity index (χ3v) is 5.13. The van der Waals surface area contributed by atoms with Crippen LogP contribution in [-0.4, -0.2) is 49.5 Å². The molecule has 0 saturated carbocycles. The van der Waals surface area contributed by atoms with Crippen LogP contribution < -0.4 is 16.1 Å². The number of nitrogens with zero attached hydrogens (tertiary/aromatic N) is 4. The Morgan fingerprint density at radius 3 is 2.62 bits per heavy atom. The van der Waals surface area contributed by atoms with Crippen LogP contribution in [0.25, 0.3) is 11.2 Å². The Labute approximate surface area is 139 Å². The molecular formula is C16H26N5O3+. The number of piperidine rings is 1. The molecular weight excluding hydrogens is 310 g/mol. The lowest BCUT2D eigenvalue weighted by molar-refractivity contribution is -0.909. The minimum absolute atomic E-state index is 0.309. The summed E-state index contributed by atoms with van der Waals surface area (Å²) in [5.74, 6) is 0.771. The van der Waals surface area contributed by atoms with Crippen LogP contribution in [0.1, 0.15) is 19.8 Å². The molecule has 1 atom stereocenters. The fourth-order valence-corrected chi connectivity index (χ4v) is 3.53. The summed E-state index contributed by atoms with van der Waals surface area (Å²) in [6.45, 7) is 5.41. The molecule has 1 saturated heterocycles. The van der Waals surface area contributed by atoms with Gasteiger partial charge in [-0.05, 0) is 18.8 Å². The maximum atomic E-state index is 12.4. The molecule has 3 rings (SSSR count). The molecule has 8 heteroatoms. The molecule has 0 spiro atoms. The lowest BCUT2D eigenvalue weighted by atomic mass is 9.99. The van der Waals surface area contributed by atoms with Crippen molar-refractivity contribution in [1.82, 2.24) is 18.7 Å². The van der Waals surface area contributed by atoms with Gasteiger partial charge in [0.25, 0.3) is 5.56 Å². The number of aryl methyl sites for hydroxylation is 1. The van der Waals surface area contributed by atoms with Gasteiger partial charge in [0.1, 0.15) is 12.6 Å². The quantitative estimate of drug-likeness (QED) is 0.684. The van der Waals surface area contributed by atoms with Crippen LogP contribution in [0.15, 0.2) is 15.9 Å². The maximum absolute atomic E-state index is 12.4. The van der Waals surface area contributed by atoms with Gasteiger partial charge in [-0.3, -0.25) is 13.9 Å². The molecule has 0 amide bonds. The van der Waals surface area contributed by atoms with E-state index in [1.165, 1.54) is 35.7 Å². The van der Waals surface area contributed by atoms with Gasteiger partial charge in [-0.2, -0.15) is 0 Å². The molecule has 0 aromatic carbocycles. The number of quaternary nitrogens is 1. The number of rotatable bonds is 4. The van der Waals surface area contributed by atoms with E-state index >= 15 is 0 Å². The number of aromatic nitrogens is 4. The molecule has 3 heterocycles. The second-order valence-corrected chi connectivity index (χ2v) is 7.07. The summed E-state index contributed by atoms with van der Waals surface area (Å²) in [4.78, 5) is 29.9. The monoisotopic (exact) mass is 336 g/mol. The first-order chi connectivity index (χ1) is 11.4. The van der Waals surface area contributed by atoms with Gasteiger partial charge in [-0.15, -0.1) is 0 Å². The van der Waals surface area contributed by atoms with Crippen molar-refractivity contribution in [3.8, 4) is 0 Å². The van der Waals surface area contributed by atoms with Crippen LogP contribution >= 0.6 is 0 Å². The molecule has 2 N–H and O–H groups in total. The Hall–Kier alpha value is -1.93. The van der Waals surface area contributed by atoms with Gasteiger partial charge < -0.3 is 14.6 Å². The lowest BCUT2D eigenvalue weighted by Gasteiger charge is -2.28. The topological polar surface area (TPSA) is 86.5 Å². The van der Waals surface area contributed by atoms with Crippen molar-refractivity contribution in [2.24, 2.45) is 20.0 Å². The number of aliphatic hydroxyl groups is 1. The van der Waals surface area contributed by atoms with Gasteiger partial charge in [0.05, 0.1) is 26.0 Å². The third kappa shape index (κ3) is 3.03. The molecule has 1 aliphatic heterocycles. The number of likely N-dealkylation sites (tertiary alicyclic amines) is 1. The molecule has 1 unspecified atom stereocenters. The van der Waals surface area contributed by atoms with E-state index in [1.54, 1.807) is 11.6 Å². The van der Waals surface area contributed by atoms with Crippen molar-refractivity contribution < 1.29 is 10.0 Å². The summed E-state index contributed by atoms with van der Waals surface area (Å²) in [6.07, 6.45) is 3.37. The van der Waals surface area contributed by atoms with Crippen LogP contribution in [0.5, 0.6) is 0 Å². The van der Waals surface area contributed by atoms with E-state index in [0.717, 1.165) is 23.6 Å². The summed E-state index contributed by atoms with van der Waals surface area (Å²) >= 11 is 0. The van der Waals surface area contributed by atoms with Gasteiger partial charge in [-0.25, -0.2) is 9.78 Å². The molecule has 0 aliphatic carbocycles. The first-order valence-corrected chi connectivity index (χ1v) is 8.51. The van der Waals surface area contributed by atoms with Crippen molar-refractivity contribution >= 4 is 11.2 Å². The smallest absolute Gasteiger partial charge is 0.332 e. The normalized spacial score (nSPS) is 22.8. The Morgan fingerprint density at radius 2 is 1.96 bits per heavy atom. The minimum atomic E-state index is -0.548. The average Bonchev–Trinajstić information content (AvgIpc) is 2.96. The van der Waals surface area contributed by atoms with Crippen LogP contribution in [0.3, 0.4) is 0 Å². The summed E-state index contributed by atoms with van der Waals surface area (Å²) < 4.78 is 4.09. The van der Waals surface area contributed by atoms with Crippen LogP contribution in [0, 0.1) is 5.92 Å². The van der Waals surface area contributed by atoms with Crippen molar-refractivity contribution in [2.45, 2.75) is 32.4 Å². The highest BCUT2D eigenvalue weighted by Crippen LogP contribution is 2.08. The van der Waals surface area contributed by atoms with Gasteiger partial charge in [0.15, 0.2) is 11.2 Å². The highest BCUT2D eigenvalue weighted by molar-refractivity contribution is 5.69. The molecule has 0 radical (unpaired) electrons. The number of hydrogen-bond donors (Lipinski definition) is 2. The molecule has 24 heavy (non-hydrogen) atoms. The Bertz CT molecular complexity index is 842. The molecule has 1 aliphatic rings. The second kappa shape index (κ2) is 6.52. The predicted molar refractivity (Wildman–Crippen MR) is 90.2 cm³/mol. The first kappa shape index (κ1) is 16.9. The largest absolute Gasteiger partial charge is 0.385 e. The van der Waals surface area contributed by atoms with Crippen molar-refractivity contribution in [3.63, 3.8) is 0 Å². The number of nitrogens with one attached hydrogen (secondary N) is 1. The predicted octanol–water partition coefficient (Wildman–Crippen LogP) is -1.89. The zero-order valence-electron chi connectivity index (χ0n) is 14.5. The molecule has 1 fully saturated rings. The summed E-state index contributed by atoms with van der Waals surface area (Å²) in [7, 11) is 3.05. The number of fused-ring (bicyclic) bond motifs is 1. The highest BCUT2D eigenvalue weighted by Gasteiger charge is 2.23. The van der Waals surface area contributed by atoms with Gasteiger partial charge in [-0.1, -0.05) is 6.92 Å². The second-order valence-electron chi connectivity index (χ2n) is 7.07. The average molecular weight is 336 g/mol. The number of imidazole rings is 1. The molecule has 0 bridgehead atoms. The zero-order chi connectivity index (χ0) is 17.4. The summed E-state index contributed by atoms with van der Waals surface area (Å²) in [5.41, 5.74) is -0.0579. The fraction of sp³-hybridized carbons (Fsp3) is 0.688. The minimum Gasteiger partial charge on any atom is -0.385 e. The number of hydrogen-bond acceptors (Lipinski definition) is 4. The van der Waals surface area contributed by atoms with Crippen molar-refractivity contribution in [3.05, 3.63) is 27.2 Å². The van der Waals surface area contributed by atoms with Crippen LogP contribution in [0.2, 0.25) is 0 Å². The highest BCUT2D eigenvalue weighted by atomic mass is 16.3. The van der Waals surface area contributed by atoms with Gasteiger partial charge in [0.2, 0.25) is 0 Å². The van der Waals surface area contributed by atoms with Gasteiger partial charge >= 0.3 is 5.69 Å². The molecule has 132 valence electrons. The van der Waals surface area contributed by atoms with Crippen molar-refractivity contribution in [1.29, 1.82) is 0 Å². The zero-order valence-corrected chi connectivity index (χ0v) is 14.5. The standard InChI is InChI=1S/C16H25N5O3/c1-11-4-6-20(7-5-11)8-12(22)9-21-10-17-14-13(21)15(23)19(3)16(24)18(14)2/h10-12,22H,4-9H2,1-3H3/p+1. The van der Waals surface area contributed by atoms with E-state index in [-0.39, 0.29) is 5.56 Å². The van der Waals surface area contributed by atoms with E-state index < -0.39 is 11.8 Å². The Morgan fingerprint density at radius 1 is 1.29 bits per heavy atom. The summed E-state index contributed by atoms with van der Waals surface area (Å²) in [5, 5.41) is 10.4. The lowest BCUT2D eigenvalue weighted by Crippen LogP contribution is -3.14. The Kier molecular flexibility index (Phi) is 4.60. The van der Waals surface area contributed by atoms with E-state index in [4.69, 9.17) is 0 Å². The maximum Gasteiger partial charge on any atom is 0.332 e. The van der Waals surface area contributed by atoms with E-state index in [9.17, 15) is 14.7 Å². The first-order valence-electron chi connectivity index (χ1n) is 8.51. The molecule has 2 aromatic rings. The van der Waals surface area contributed by atoms with E-state index in [2.05, 4.69) is 11.9 Å². The fourth-order valence-electron chi connectivity index (χ4n) is 3.53. The van der Waals surface area contributed by atoms with Crippen molar-refractivity contribution in [2.75, 3.05) is 19.6 Å².